The number of anilines is 1. The van der Waals surface area contributed by atoms with Crippen LogP contribution in [0.3, 0.4) is 0 Å². The summed E-state index contributed by atoms with van der Waals surface area (Å²) < 4.78 is 23.4. The molecule has 16 heavy (non-hydrogen) atoms. The highest BCUT2D eigenvalue weighted by atomic mass is 35.5. The number of hydrogen-bond acceptors (Lipinski definition) is 3. The van der Waals surface area contributed by atoms with Crippen molar-refractivity contribution >= 4 is 38.9 Å². The first kappa shape index (κ1) is 12.0. The molecule has 1 aromatic heterocycles. The van der Waals surface area contributed by atoms with E-state index in [0.29, 0.717) is 18.7 Å². The predicted molar refractivity (Wildman–Crippen MR) is 64.2 cm³/mol. The highest BCUT2D eigenvalue weighted by Crippen LogP contribution is 2.51. The molecule has 2 rings (SSSR count). The van der Waals surface area contributed by atoms with Crippen LogP contribution in [0.4, 0.5) is 5.69 Å². The third-order valence-corrected chi connectivity index (χ3v) is 5.70. The van der Waals surface area contributed by atoms with E-state index in [4.69, 9.17) is 23.2 Å². The molecule has 0 saturated heterocycles. The molecule has 0 amide bonds. The van der Waals surface area contributed by atoms with Crippen LogP contribution in [0.25, 0.3) is 0 Å². The van der Waals surface area contributed by atoms with E-state index in [1.807, 2.05) is 6.92 Å². The van der Waals surface area contributed by atoms with Gasteiger partial charge in [-0.1, -0.05) is 30.1 Å². The lowest BCUT2D eigenvalue weighted by Crippen LogP contribution is -2.33. The zero-order valence-electron chi connectivity index (χ0n) is 8.52. The van der Waals surface area contributed by atoms with E-state index in [9.17, 15) is 8.42 Å². The number of rotatable bonds is 2. The highest BCUT2D eigenvalue weighted by Gasteiger charge is 2.55. The summed E-state index contributed by atoms with van der Waals surface area (Å²) >= 11 is 11.8. The first-order valence-corrected chi connectivity index (χ1v) is 6.98. The van der Waals surface area contributed by atoms with Crippen LogP contribution in [0.1, 0.15) is 19.0 Å². The molecular weight excluding hydrogens is 271 g/mol. The van der Waals surface area contributed by atoms with Crippen LogP contribution in [-0.4, -0.2) is 19.9 Å². The Morgan fingerprint density at radius 1 is 1.50 bits per heavy atom. The molecule has 0 bridgehead atoms. The molecule has 0 aromatic carbocycles. The van der Waals surface area contributed by atoms with Crippen molar-refractivity contribution < 1.29 is 8.42 Å². The van der Waals surface area contributed by atoms with Crippen molar-refractivity contribution in [1.29, 1.82) is 0 Å². The first-order valence-electron chi connectivity index (χ1n) is 4.78. The second-order valence-electron chi connectivity index (χ2n) is 3.47. The molecule has 2 heterocycles. The SMILES string of the molecule is CCCN1c2cccnc2C(Cl)(Cl)S1(=O)=O. The zero-order valence-corrected chi connectivity index (χ0v) is 10.8. The molecule has 1 aliphatic rings. The fourth-order valence-electron chi connectivity index (χ4n) is 1.66. The standard InChI is InChI=1S/C9H10Cl2N2O2S/c1-2-6-13-7-4-3-5-12-8(7)9(10,11)16(13,14)15/h3-5H,2,6H2,1H3. The smallest absolute Gasteiger partial charge is 0.265 e. The molecule has 7 heteroatoms. The lowest BCUT2D eigenvalue weighted by Gasteiger charge is -2.19. The van der Waals surface area contributed by atoms with Gasteiger partial charge in [0, 0.05) is 12.7 Å². The summed E-state index contributed by atoms with van der Waals surface area (Å²) in [5, 5.41) is 0. The Labute approximate surface area is 104 Å². The largest absolute Gasteiger partial charge is 0.281 e. The number of pyridine rings is 1. The molecule has 0 N–H and O–H groups in total. The number of alkyl halides is 2. The van der Waals surface area contributed by atoms with Gasteiger partial charge in [-0.05, 0) is 18.6 Å². The van der Waals surface area contributed by atoms with Crippen molar-refractivity contribution in [3.63, 3.8) is 0 Å². The molecule has 0 fully saturated rings. The number of fused-ring (bicyclic) bond motifs is 1. The van der Waals surface area contributed by atoms with Crippen molar-refractivity contribution in [2.24, 2.45) is 0 Å². The van der Waals surface area contributed by atoms with Gasteiger partial charge in [-0.3, -0.25) is 9.29 Å². The molecule has 1 aromatic rings. The molecule has 0 saturated carbocycles. The van der Waals surface area contributed by atoms with E-state index >= 15 is 0 Å². The van der Waals surface area contributed by atoms with Gasteiger partial charge in [0.25, 0.3) is 13.7 Å². The summed E-state index contributed by atoms with van der Waals surface area (Å²) in [5.41, 5.74) is 0.654. The van der Waals surface area contributed by atoms with Crippen LogP contribution in [-0.2, 0) is 13.7 Å². The molecule has 0 unspecified atom stereocenters. The van der Waals surface area contributed by atoms with E-state index in [1.54, 1.807) is 12.1 Å². The number of nitrogens with zero attached hydrogens (tertiary/aromatic N) is 2. The molecule has 0 aliphatic carbocycles. The fourth-order valence-corrected chi connectivity index (χ4v) is 3.95. The number of hydrogen-bond donors (Lipinski definition) is 0. The lowest BCUT2D eigenvalue weighted by atomic mass is 10.3. The fraction of sp³-hybridized carbons (Fsp3) is 0.444. The number of sulfonamides is 1. The molecule has 4 nitrogen and oxygen atoms in total. The van der Waals surface area contributed by atoms with Gasteiger partial charge in [0.05, 0.1) is 5.69 Å². The quantitative estimate of drug-likeness (QED) is 0.781. The number of halogens is 2. The molecule has 1 aliphatic heterocycles. The van der Waals surface area contributed by atoms with E-state index in [-0.39, 0.29) is 5.69 Å². The van der Waals surface area contributed by atoms with Gasteiger partial charge in [-0.2, -0.15) is 0 Å². The van der Waals surface area contributed by atoms with Gasteiger partial charge in [0.15, 0.2) is 0 Å². The van der Waals surface area contributed by atoms with Crippen LogP contribution in [0.5, 0.6) is 0 Å². The maximum absolute atomic E-state index is 12.1. The van der Waals surface area contributed by atoms with Gasteiger partial charge in [0.2, 0.25) is 0 Å². The van der Waals surface area contributed by atoms with Gasteiger partial charge in [-0.25, -0.2) is 8.42 Å². The van der Waals surface area contributed by atoms with Crippen molar-refractivity contribution in [2.75, 3.05) is 10.8 Å². The van der Waals surface area contributed by atoms with Crippen molar-refractivity contribution in [3.05, 3.63) is 24.0 Å². The summed E-state index contributed by atoms with van der Waals surface area (Å²) in [4.78, 5) is 3.96. The van der Waals surface area contributed by atoms with Gasteiger partial charge in [0.1, 0.15) is 5.69 Å². The summed E-state index contributed by atoms with van der Waals surface area (Å²) in [7, 11) is -3.78. The maximum atomic E-state index is 12.1. The third-order valence-electron chi connectivity index (χ3n) is 2.37. The first-order chi connectivity index (χ1) is 7.43. The monoisotopic (exact) mass is 280 g/mol. The highest BCUT2D eigenvalue weighted by molar-refractivity contribution is 7.96. The topological polar surface area (TPSA) is 50.3 Å². The van der Waals surface area contributed by atoms with Crippen LogP contribution >= 0.6 is 23.2 Å². The van der Waals surface area contributed by atoms with Crippen LogP contribution < -0.4 is 4.31 Å². The van der Waals surface area contributed by atoms with E-state index in [1.165, 1.54) is 10.5 Å². The summed E-state index contributed by atoms with van der Waals surface area (Å²) in [6, 6.07) is 3.31. The molecular formula is C9H10Cl2N2O2S. The van der Waals surface area contributed by atoms with E-state index in [2.05, 4.69) is 4.98 Å². The average molecular weight is 281 g/mol. The van der Waals surface area contributed by atoms with Crippen LogP contribution in [0.15, 0.2) is 18.3 Å². The minimum absolute atomic E-state index is 0.187. The lowest BCUT2D eigenvalue weighted by molar-refractivity contribution is 0.588. The van der Waals surface area contributed by atoms with Gasteiger partial charge in [-0.15, -0.1) is 0 Å². The van der Waals surface area contributed by atoms with Crippen LogP contribution in [0.2, 0.25) is 0 Å². The minimum atomic E-state index is -3.78. The maximum Gasteiger partial charge on any atom is 0.281 e. The Morgan fingerprint density at radius 3 is 2.81 bits per heavy atom. The normalized spacial score (nSPS) is 20.8. The van der Waals surface area contributed by atoms with Crippen molar-refractivity contribution in [1.82, 2.24) is 4.98 Å². The Bertz CT molecular complexity index is 516. The van der Waals surface area contributed by atoms with E-state index < -0.39 is 13.7 Å². The third kappa shape index (κ3) is 1.42. The Hall–Kier alpha value is -0.520. The molecule has 88 valence electrons. The van der Waals surface area contributed by atoms with Gasteiger partial charge < -0.3 is 0 Å². The zero-order chi connectivity index (χ0) is 12.0. The molecule has 0 atom stereocenters. The van der Waals surface area contributed by atoms with E-state index in [0.717, 1.165) is 0 Å². The second-order valence-corrected chi connectivity index (χ2v) is 7.24. The van der Waals surface area contributed by atoms with Crippen LogP contribution in [0, 0.1) is 0 Å². The summed E-state index contributed by atoms with van der Waals surface area (Å²) in [6.45, 7) is 2.23. The van der Waals surface area contributed by atoms with Crippen molar-refractivity contribution in [3.8, 4) is 0 Å². The Balaban J connectivity index is 2.67. The minimum Gasteiger partial charge on any atom is -0.265 e. The summed E-state index contributed by atoms with van der Waals surface area (Å²) in [5.74, 6) is 0. The average Bonchev–Trinajstić information content (AvgIpc) is 2.38. The second kappa shape index (κ2) is 3.75. The number of aromatic nitrogens is 1. The Kier molecular flexibility index (Phi) is 2.80. The Morgan fingerprint density at radius 2 is 2.19 bits per heavy atom. The molecule has 0 spiro atoms. The van der Waals surface area contributed by atoms with Crippen molar-refractivity contribution in [2.45, 2.75) is 17.0 Å². The predicted octanol–water partition coefficient (Wildman–Crippen LogP) is 2.23. The summed E-state index contributed by atoms with van der Waals surface area (Å²) in [6.07, 6.45) is 2.15. The molecule has 0 radical (unpaired) electrons. The van der Waals surface area contributed by atoms with Gasteiger partial charge >= 0.3 is 0 Å².